The van der Waals surface area contributed by atoms with Gasteiger partial charge < -0.3 is 10.4 Å². The van der Waals surface area contributed by atoms with Crippen LogP contribution in [-0.2, 0) is 9.59 Å². The van der Waals surface area contributed by atoms with Gasteiger partial charge in [-0.2, -0.15) is 0 Å². The van der Waals surface area contributed by atoms with Gasteiger partial charge >= 0.3 is 5.97 Å². The highest BCUT2D eigenvalue weighted by molar-refractivity contribution is 5.87. The summed E-state index contributed by atoms with van der Waals surface area (Å²) in [5.41, 5.74) is -0.739. The summed E-state index contributed by atoms with van der Waals surface area (Å²) in [5.74, 6) is -0.964. The van der Waals surface area contributed by atoms with Gasteiger partial charge in [0.1, 0.15) is 6.04 Å². The molecule has 1 aliphatic heterocycles. The predicted molar refractivity (Wildman–Crippen MR) is 55.5 cm³/mol. The average molecular weight is 214 g/mol. The van der Waals surface area contributed by atoms with Gasteiger partial charge in [0.25, 0.3) is 0 Å². The summed E-state index contributed by atoms with van der Waals surface area (Å²) in [6.07, 6.45) is 0.506. The van der Waals surface area contributed by atoms with Gasteiger partial charge in [0.2, 0.25) is 5.91 Å². The molecule has 0 aromatic heterocycles. The van der Waals surface area contributed by atoms with Crippen LogP contribution in [0.4, 0.5) is 0 Å². The maximum Gasteiger partial charge on any atom is 0.320 e. The SMILES string of the molecule is CCC(C(=O)O)N1CCNC(=O)C1(C)C. The highest BCUT2D eigenvalue weighted by atomic mass is 16.4. The summed E-state index contributed by atoms with van der Waals surface area (Å²) in [6, 6.07) is -0.578. The molecule has 0 bridgehead atoms. The lowest BCUT2D eigenvalue weighted by molar-refractivity contribution is -0.151. The van der Waals surface area contributed by atoms with E-state index in [9.17, 15) is 9.59 Å². The van der Waals surface area contributed by atoms with Gasteiger partial charge in [0, 0.05) is 13.1 Å². The monoisotopic (exact) mass is 214 g/mol. The van der Waals surface area contributed by atoms with Crippen LogP contribution in [-0.4, -0.2) is 46.6 Å². The summed E-state index contributed by atoms with van der Waals surface area (Å²) in [4.78, 5) is 24.4. The van der Waals surface area contributed by atoms with Gasteiger partial charge in [0.15, 0.2) is 0 Å². The maximum atomic E-state index is 11.6. The maximum absolute atomic E-state index is 11.6. The summed E-state index contributed by atoms with van der Waals surface area (Å²) >= 11 is 0. The highest BCUT2D eigenvalue weighted by Crippen LogP contribution is 2.22. The van der Waals surface area contributed by atoms with E-state index in [4.69, 9.17) is 5.11 Å². The third kappa shape index (κ3) is 2.12. The average Bonchev–Trinajstić information content (AvgIpc) is 2.13. The van der Waals surface area contributed by atoms with Crippen LogP contribution >= 0.6 is 0 Å². The second-order valence-corrected chi connectivity index (χ2v) is 4.27. The van der Waals surface area contributed by atoms with Gasteiger partial charge in [-0.05, 0) is 20.3 Å². The van der Waals surface area contributed by atoms with Crippen LogP contribution in [0.25, 0.3) is 0 Å². The minimum Gasteiger partial charge on any atom is -0.480 e. The first kappa shape index (κ1) is 12.0. The molecule has 1 heterocycles. The number of piperazine rings is 1. The number of amides is 1. The lowest BCUT2D eigenvalue weighted by Gasteiger charge is -2.44. The van der Waals surface area contributed by atoms with Crippen molar-refractivity contribution in [3.8, 4) is 0 Å². The van der Waals surface area contributed by atoms with E-state index >= 15 is 0 Å². The molecule has 5 nitrogen and oxygen atoms in total. The quantitative estimate of drug-likeness (QED) is 0.697. The zero-order valence-electron chi connectivity index (χ0n) is 9.41. The van der Waals surface area contributed by atoms with Crippen molar-refractivity contribution in [3.05, 3.63) is 0 Å². The van der Waals surface area contributed by atoms with E-state index in [0.29, 0.717) is 19.5 Å². The number of aliphatic carboxylic acids is 1. The standard InChI is InChI=1S/C10H18N2O3/c1-4-7(8(13)14)12-6-5-11-9(15)10(12,2)3/h7H,4-6H2,1-3H3,(H,11,15)(H,13,14). The molecule has 5 heteroatoms. The van der Waals surface area contributed by atoms with Crippen molar-refractivity contribution in [1.29, 1.82) is 0 Å². The Bertz CT molecular complexity index is 276. The first-order chi connectivity index (χ1) is 6.91. The van der Waals surface area contributed by atoms with E-state index < -0.39 is 17.6 Å². The zero-order chi connectivity index (χ0) is 11.6. The molecule has 1 atom stereocenters. The van der Waals surface area contributed by atoms with Gasteiger partial charge in [-0.15, -0.1) is 0 Å². The molecule has 1 aliphatic rings. The highest BCUT2D eigenvalue weighted by Gasteiger charge is 2.42. The molecular weight excluding hydrogens is 196 g/mol. The van der Waals surface area contributed by atoms with Crippen LogP contribution < -0.4 is 5.32 Å². The fraction of sp³-hybridized carbons (Fsp3) is 0.800. The Hall–Kier alpha value is -1.10. The van der Waals surface area contributed by atoms with Crippen molar-refractivity contribution < 1.29 is 14.7 Å². The summed E-state index contributed by atoms with van der Waals surface area (Å²) in [6.45, 7) is 6.44. The lowest BCUT2D eigenvalue weighted by atomic mass is 9.95. The number of nitrogens with one attached hydrogen (secondary N) is 1. The van der Waals surface area contributed by atoms with E-state index in [-0.39, 0.29) is 5.91 Å². The molecule has 1 amide bonds. The van der Waals surface area contributed by atoms with Crippen molar-refractivity contribution in [2.24, 2.45) is 0 Å². The number of nitrogens with zero attached hydrogens (tertiary/aromatic N) is 1. The molecule has 0 radical (unpaired) electrons. The van der Waals surface area contributed by atoms with Gasteiger partial charge in [0.05, 0.1) is 5.54 Å². The minimum atomic E-state index is -0.861. The number of rotatable bonds is 3. The predicted octanol–water partition coefficient (Wildman–Crippen LogP) is 0.0600. The first-order valence-corrected chi connectivity index (χ1v) is 5.19. The van der Waals surface area contributed by atoms with Crippen LogP contribution in [0.2, 0.25) is 0 Å². The first-order valence-electron chi connectivity index (χ1n) is 5.19. The molecule has 1 unspecified atom stereocenters. The smallest absolute Gasteiger partial charge is 0.320 e. The van der Waals surface area contributed by atoms with Crippen molar-refractivity contribution >= 4 is 11.9 Å². The Balaban J connectivity index is 2.91. The molecule has 0 aromatic rings. The molecule has 1 rings (SSSR count). The van der Waals surface area contributed by atoms with E-state index in [1.807, 2.05) is 6.92 Å². The van der Waals surface area contributed by atoms with E-state index in [1.54, 1.807) is 18.7 Å². The molecular formula is C10H18N2O3. The number of hydrogen-bond donors (Lipinski definition) is 2. The van der Waals surface area contributed by atoms with Gasteiger partial charge in [-0.25, -0.2) is 0 Å². The molecule has 1 fully saturated rings. The van der Waals surface area contributed by atoms with Crippen LogP contribution in [0, 0.1) is 0 Å². The van der Waals surface area contributed by atoms with E-state index in [1.165, 1.54) is 0 Å². The van der Waals surface area contributed by atoms with E-state index in [2.05, 4.69) is 5.32 Å². The third-order valence-electron chi connectivity index (χ3n) is 2.96. The fourth-order valence-electron chi connectivity index (χ4n) is 1.99. The van der Waals surface area contributed by atoms with Gasteiger partial charge in [-0.1, -0.05) is 6.92 Å². The Labute approximate surface area is 89.4 Å². The third-order valence-corrected chi connectivity index (χ3v) is 2.96. The molecule has 0 spiro atoms. The van der Waals surface area contributed by atoms with Crippen LogP contribution in [0.1, 0.15) is 27.2 Å². The molecule has 0 saturated carbocycles. The summed E-state index contributed by atoms with van der Waals surface area (Å²) in [5, 5.41) is 11.8. The summed E-state index contributed by atoms with van der Waals surface area (Å²) in [7, 11) is 0. The number of carbonyl (C=O) groups is 2. The Morgan fingerprint density at radius 3 is 2.73 bits per heavy atom. The van der Waals surface area contributed by atoms with Crippen molar-refractivity contribution in [1.82, 2.24) is 10.2 Å². The zero-order valence-corrected chi connectivity index (χ0v) is 9.41. The van der Waals surface area contributed by atoms with Gasteiger partial charge in [-0.3, -0.25) is 14.5 Å². The molecule has 1 saturated heterocycles. The minimum absolute atomic E-state index is 0.103. The number of carbonyl (C=O) groups excluding carboxylic acids is 1. The molecule has 0 aliphatic carbocycles. The number of hydrogen-bond acceptors (Lipinski definition) is 3. The lowest BCUT2D eigenvalue weighted by Crippen LogP contribution is -2.65. The molecule has 15 heavy (non-hydrogen) atoms. The second kappa shape index (κ2) is 4.18. The largest absolute Gasteiger partial charge is 0.480 e. The van der Waals surface area contributed by atoms with E-state index in [0.717, 1.165) is 0 Å². The normalized spacial score (nSPS) is 23.3. The molecule has 2 N–H and O–H groups in total. The van der Waals surface area contributed by atoms with Crippen LogP contribution in [0.5, 0.6) is 0 Å². The van der Waals surface area contributed by atoms with Crippen molar-refractivity contribution in [2.45, 2.75) is 38.8 Å². The second-order valence-electron chi connectivity index (χ2n) is 4.27. The Kier molecular flexibility index (Phi) is 3.34. The summed E-state index contributed by atoms with van der Waals surface area (Å²) < 4.78 is 0. The van der Waals surface area contributed by atoms with Crippen molar-refractivity contribution in [2.75, 3.05) is 13.1 Å². The number of carboxylic acid groups (broad SMARTS) is 1. The fourth-order valence-corrected chi connectivity index (χ4v) is 1.99. The Morgan fingerprint density at radius 2 is 2.27 bits per heavy atom. The Morgan fingerprint density at radius 1 is 1.67 bits per heavy atom. The van der Waals surface area contributed by atoms with Crippen molar-refractivity contribution in [3.63, 3.8) is 0 Å². The van der Waals surface area contributed by atoms with Crippen LogP contribution in [0.15, 0.2) is 0 Å². The number of carboxylic acids is 1. The molecule has 86 valence electrons. The molecule has 0 aromatic carbocycles. The van der Waals surface area contributed by atoms with Crippen LogP contribution in [0.3, 0.4) is 0 Å². The topological polar surface area (TPSA) is 69.6 Å².